The number of hydrogen-bond donors (Lipinski definition) is 1. The third-order valence-electron chi connectivity index (χ3n) is 3.68. The number of rotatable bonds is 6. The standard InChI is InChI=1S/C20H19N3O2S/c1-14-4-3-5-15(12-14)8-11-18(24)21-20-23-22-19(26-20)13-16-6-9-17(25-2)10-7-16/h3-12H,13H2,1-2H3,(H,21,23,24)/b11-8+. The van der Waals surface area contributed by atoms with Gasteiger partial charge in [-0.1, -0.05) is 53.3 Å². The van der Waals surface area contributed by atoms with Crippen molar-refractivity contribution in [3.05, 3.63) is 76.3 Å². The molecule has 0 aliphatic heterocycles. The summed E-state index contributed by atoms with van der Waals surface area (Å²) in [5, 5.41) is 12.3. The van der Waals surface area contributed by atoms with E-state index < -0.39 is 0 Å². The SMILES string of the molecule is COc1ccc(Cc2nnc(NC(=O)/C=C/c3cccc(C)c3)s2)cc1. The van der Waals surface area contributed by atoms with Crippen LogP contribution in [0.1, 0.15) is 21.7 Å². The van der Waals surface area contributed by atoms with Crippen molar-refractivity contribution in [3.8, 4) is 5.75 Å². The maximum Gasteiger partial charge on any atom is 0.250 e. The van der Waals surface area contributed by atoms with Crippen LogP contribution in [0.25, 0.3) is 6.08 Å². The first-order valence-corrected chi connectivity index (χ1v) is 8.95. The van der Waals surface area contributed by atoms with Crippen LogP contribution in [0.4, 0.5) is 5.13 Å². The predicted molar refractivity (Wildman–Crippen MR) is 105 cm³/mol. The van der Waals surface area contributed by atoms with E-state index in [2.05, 4.69) is 15.5 Å². The fourth-order valence-corrected chi connectivity index (χ4v) is 3.16. The molecule has 0 aliphatic carbocycles. The van der Waals surface area contributed by atoms with Crippen LogP contribution in [-0.4, -0.2) is 23.2 Å². The Kier molecular flexibility index (Phi) is 5.76. The van der Waals surface area contributed by atoms with Gasteiger partial charge in [0.1, 0.15) is 10.8 Å². The Hall–Kier alpha value is -2.99. The van der Waals surface area contributed by atoms with Gasteiger partial charge < -0.3 is 4.74 Å². The van der Waals surface area contributed by atoms with E-state index in [4.69, 9.17) is 4.74 Å². The molecule has 3 aromatic rings. The number of benzene rings is 2. The Morgan fingerprint density at radius 3 is 2.73 bits per heavy atom. The summed E-state index contributed by atoms with van der Waals surface area (Å²) in [4.78, 5) is 12.0. The normalized spacial score (nSPS) is 10.8. The smallest absolute Gasteiger partial charge is 0.250 e. The molecule has 0 aliphatic rings. The van der Waals surface area contributed by atoms with E-state index >= 15 is 0 Å². The summed E-state index contributed by atoms with van der Waals surface area (Å²) >= 11 is 1.37. The minimum absolute atomic E-state index is 0.223. The molecule has 2 aromatic carbocycles. The monoisotopic (exact) mass is 365 g/mol. The topological polar surface area (TPSA) is 64.1 Å². The van der Waals surface area contributed by atoms with Gasteiger partial charge in [-0.05, 0) is 36.3 Å². The van der Waals surface area contributed by atoms with Gasteiger partial charge in [0.2, 0.25) is 11.0 Å². The molecule has 0 atom stereocenters. The van der Waals surface area contributed by atoms with E-state index in [9.17, 15) is 4.79 Å². The van der Waals surface area contributed by atoms with E-state index in [0.717, 1.165) is 27.4 Å². The zero-order valence-corrected chi connectivity index (χ0v) is 15.4. The van der Waals surface area contributed by atoms with Crippen LogP contribution in [0, 0.1) is 6.92 Å². The number of amides is 1. The van der Waals surface area contributed by atoms with Gasteiger partial charge in [0, 0.05) is 12.5 Å². The van der Waals surface area contributed by atoms with Gasteiger partial charge >= 0.3 is 0 Å². The van der Waals surface area contributed by atoms with E-state index in [-0.39, 0.29) is 5.91 Å². The highest BCUT2D eigenvalue weighted by molar-refractivity contribution is 7.15. The molecule has 0 radical (unpaired) electrons. The number of aromatic nitrogens is 2. The number of carbonyl (C=O) groups excluding carboxylic acids is 1. The number of aryl methyl sites for hydroxylation is 1. The lowest BCUT2D eigenvalue weighted by atomic mass is 10.1. The first-order valence-electron chi connectivity index (χ1n) is 8.13. The largest absolute Gasteiger partial charge is 0.497 e. The Morgan fingerprint density at radius 2 is 2.00 bits per heavy atom. The summed E-state index contributed by atoms with van der Waals surface area (Å²) < 4.78 is 5.15. The maximum absolute atomic E-state index is 12.0. The second-order valence-corrected chi connectivity index (χ2v) is 6.82. The number of nitrogens with zero attached hydrogens (tertiary/aromatic N) is 2. The Labute approximate surface area is 156 Å². The number of anilines is 1. The van der Waals surface area contributed by atoms with E-state index in [1.807, 2.05) is 55.5 Å². The van der Waals surface area contributed by atoms with Crippen molar-refractivity contribution in [1.82, 2.24) is 10.2 Å². The summed E-state index contributed by atoms with van der Waals surface area (Å²) in [7, 11) is 1.64. The number of nitrogens with one attached hydrogen (secondary N) is 1. The minimum Gasteiger partial charge on any atom is -0.497 e. The van der Waals surface area contributed by atoms with Crippen LogP contribution in [0.3, 0.4) is 0 Å². The summed E-state index contributed by atoms with van der Waals surface area (Å²) in [5.74, 6) is 0.595. The van der Waals surface area contributed by atoms with Crippen molar-refractivity contribution in [1.29, 1.82) is 0 Å². The summed E-state index contributed by atoms with van der Waals surface area (Å²) in [5.41, 5.74) is 3.25. The number of hydrogen-bond acceptors (Lipinski definition) is 5. The lowest BCUT2D eigenvalue weighted by Crippen LogP contribution is -2.07. The highest BCUT2D eigenvalue weighted by atomic mass is 32.1. The van der Waals surface area contributed by atoms with Crippen molar-refractivity contribution in [2.75, 3.05) is 12.4 Å². The molecule has 0 spiro atoms. The van der Waals surface area contributed by atoms with Crippen molar-refractivity contribution in [3.63, 3.8) is 0 Å². The maximum atomic E-state index is 12.0. The second-order valence-electron chi connectivity index (χ2n) is 5.76. The molecule has 132 valence electrons. The molecule has 6 heteroatoms. The molecule has 0 saturated carbocycles. The molecule has 1 aromatic heterocycles. The number of ether oxygens (including phenoxy) is 1. The van der Waals surface area contributed by atoms with Crippen molar-refractivity contribution in [2.45, 2.75) is 13.3 Å². The molecule has 0 fully saturated rings. The predicted octanol–water partition coefficient (Wildman–Crippen LogP) is 4.10. The molecule has 3 rings (SSSR count). The zero-order valence-electron chi connectivity index (χ0n) is 14.6. The lowest BCUT2D eigenvalue weighted by molar-refractivity contribution is -0.111. The van der Waals surface area contributed by atoms with Gasteiger partial charge in [0.05, 0.1) is 7.11 Å². The van der Waals surface area contributed by atoms with Gasteiger partial charge in [-0.25, -0.2) is 0 Å². The van der Waals surface area contributed by atoms with Crippen molar-refractivity contribution < 1.29 is 9.53 Å². The minimum atomic E-state index is -0.223. The van der Waals surface area contributed by atoms with Crippen molar-refractivity contribution >= 4 is 28.5 Å². The Morgan fingerprint density at radius 1 is 1.19 bits per heavy atom. The first-order chi connectivity index (χ1) is 12.6. The summed E-state index contributed by atoms with van der Waals surface area (Å²) in [6.45, 7) is 2.02. The molecule has 5 nitrogen and oxygen atoms in total. The summed E-state index contributed by atoms with van der Waals surface area (Å²) in [6.07, 6.45) is 3.94. The fraction of sp³-hybridized carbons (Fsp3) is 0.150. The molecule has 26 heavy (non-hydrogen) atoms. The quantitative estimate of drug-likeness (QED) is 0.668. The van der Waals surface area contributed by atoms with Gasteiger partial charge in [0.15, 0.2) is 0 Å². The average molecular weight is 365 g/mol. The molecule has 0 bridgehead atoms. The van der Waals surface area contributed by atoms with Gasteiger partial charge in [-0.2, -0.15) is 0 Å². The van der Waals surface area contributed by atoms with Crippen LogP contribution in [0.5, 0.6) is 5.75 Å². The number of carbonyl (C=O) groups is 1. The first kappa shape index (κ1) is 17.8. The van der Waals surface area contributed by atoms with Gasteiger partial charge in [0.25, 0.3) is 0 Å². The Balaban J connectivity index is 1.58. The molecular formula is C20H19N3O2S. The molecular weight excluding hydrogens is 346 g/mol. The van der Waals surface area contributed by atoms with Crippen LogP contribution in [-0.2, 0) is 11.2 Å². The van der Waals surface area contributed by atoms with Crippen LogP contribution < -0.4 is 10.1 Å². The van der Waals surface area contributed by atoms with E-state index in [1.54, 1.807) is 13.2 Å². The van der Waals surface area contributed by atoms with E-state index in [0.29, 0.717) is 11.6 Å². The molecule has 1 heterocycles. The van der Waals surface area contributed by atoms with Crippen LogP contribution >= 0.6 is 11.3 Å². The molecule has 1 N–H and O–H groups in total. The fourth-order valence-electron chi connectivity index (χ4n) is 2.39. The molecule has 0 unspecified atom stereocenters. The zero-order chi connectivity index (χ0) is 18.4. The Bertz CT molecular complexity index is 917. The van der Waals surface area contributed by atoms with Crippen LogP contribution in [0.15, 0.2) is 54.6 Å². The van der Waals surface area contributed by atoms with Gasteiger partial charge in [-0.15, -0.1) is 10.2 Å². The average Bonchev–Trinajstić information content (AvgIpc) is 3.07. The number of methoxy groups -OCH3 is 1. The van der Waals surface area contributed by atoms with Crippen LogP contribution in [0.2, 0.25) is 0 Å². The third kappa shape index (κ3) is 5.00. The third-order valence-corrected chi connectivity index (χ3v) is 4.52. The van der Waals surface area contributed by atoms with Crippen molar-refractivity contribution in [2.24, 2.45) is 0 Å². The van der Waals surface area contributed by atoms with E-state index in [1.165, 1.54) is 17.4 Å². The lowest BCUT2D eigenvalue weighted by Gasteiger charge is -2.00. The molecule has 1 amide bonds. The highest BCUT2D eigenvalue weighted by Crippen LogP contribution is 2.20. The second kappa shape index (κ2) is 8.40. The highest BCUT2D eigenvalue weighted by Gasteiger charge is 2.07. The van der Waals surface area contributed by atoms with Gasteiger partial charge in [-0.3, -0.25) is 10.1 Å². The molecule has 0 saturated heterocycles. The summed E-state index contributed by atoms with van der Waals surface area (Å²) in [6, 6.07) is 15.7.